The fraction of sp³-hybridized carbons (Fsp3) is 0.533. The van der Waals surface area contributed by atoms with Crippen LogP contribution in [0.2, 0.25) is 0 Å². The fourth-order valence-electron chi connectivity index (χ4n) is 1.82. The van der Waals surface area contributed by atoms with E-state index in [0.29, 0.717) is 5.69 Å². The van der Waals surface area contributed by atoms with Crippen molar-refractivity contribution >= 4 is 21.7 Å². The van der Waals surface area contributed by atoms with Crippen LogP contribution in [0.4, 0.5) is 5.69 Å². The van der Waals surface area contributed by atoms with Gasteiger partial charge in [-0.2, -0.15) is 0 Å². The number of carboxylic acids is 1. The molecule has 1 atom stereocenters. The van der Waals surface area contributed by atoms with E-state index in [1.54, 1.807) is 20.8 Å². The Labute approximate surface area is 132 Å². The highest BCUT2D eigenvalue weighted by molar-refractivity contribution is 7.89. The quantitative estimate of drug-likeness (QED) is 0.746. The molecule has 0 fully saturated rings. The highest BCUT2D eigenvalue weighted by Crippen LogP contribution is 2.22. The number of hydrogen-bond donors (Lipinski definition) is 3. The summed E-state index contributed by atoms with van der Waals surface area (Å²) in [6, 6.07) is 4.17. The number of carboxylic acid groups (broad SMARTS) is 1. The van der Waals surface area contributed by atoms with Crippen molar-refractivity contribution in [2.24, 2.45) is 0 Å². The zero-order chi connectivity index (χ0) is 17.1. The van der Waals surface area contributed by atoms with Gasteiger partial charge in [0.1, 0.15) is 0 Å². The smallest absolute Gasteiger partial charge is 0.337 e. The van der Waals surface area contributed by atoms with Crippen LogP contribution in [0.3, 0.4) is 0 Å². The van der Waals surface area contributed by atoms with Crippen molar-refractivity contribution in [3.8, 4) is 0 Å². The first kappa shape index (κ1) is 18.4. The van der Waals surface area contributed by atoms with Crippen LogP contribution in [0.1, 0.15) is 51.4 Å². The normalized spacial score (nSPS) is 13.7. The summed E-state index contributed by atoms with van der Waals surface area (Å²) < 4.78 is 27.1. The second-order valence-electron chi connectivity index (χ2n) is 6.32. The minimum atomic E-state index is -3.77. The van der Waals surface area contributed by atoms with Gasteiger partial charge in [-0.1, -0.05) is 6.92 Å². The molecule has 6 nitrogen and oxygen atoms in total. The Morgan fingerprint density at radius 3 is 2.36 bits per heavy atom. The zero-order valence-corrected chi connectivity index (χ0v) is 14.4. The van der Waals surface area contributed by atoms with E-state index in [-0.39, 0.29) is 16.5 Å². The molecule has 0 aliphatic rings. The van der Waals surface area contributed by atoms with Gasteiger partial charge >= 0.3 is 5.97 Å². The number of aromatic carboxylic acids is 1. The van der Waals surface area contributed by atoms with Crippen molar-refractivity contribution in [1.82, 2.24) is 4.72 Å². The first-order valence-electron chi connectivity index (χ1n) is 7.14. The minimum Gasteiger partial charge on any atom is -0.478 e. The van der Waals surface area contributed by atoms with E-state index >= 15 is 0 Å². The average Bonchev–Trinajstić information content (AvgIpc) is 2.35. The molecular formula is C15H24N2O4S. The summed E-state index contributed by atoms with van der Waals surface area (Å²) in [5, 5.41) is 12.4. The topological polar surface area (TPSA) is 95.5 Å². The maximum absolute atomic E-state index is 12.3. The second-order valence-corrected chi connectivity index (χ2v) is 8.00. The number of carbonyl (C=O) groups is 1. The van der Waals surface area contributed by atoms with Crippen molar-refractivity contribution in [2.45, 2.75) is 57.5 Å². The zero-order valence-electron chi connectivity index (χ0n) is 13.6. The van der Waals surface area contributed by atoms with Crippen molar-refractivity contribution in [1.29, 1.82) is 0 Å². The van der Waals surface area contributed by atoms with Crippen molar-refractivity contribution in [2.75, 3.05) is 5.32 Å². The highest BCUT2D eigenvalue weighted by atomic mass is 32.2. The van der Waals surface area contributed by atoms with E-state index < -0.39 is 21.5 Å². The fourth-order valence-corrected chi connectivity index (χ4v) is 3.27. The van der Waals surface area contributed by atoms with Gasteiger partial charge in [0.25, 0.3) is 0 Å². The van der Waals surface area contributed by atoms with Crippen LogP contribution < -0.4 is 10.0 Å². The van der Waals surface area contributed by atoms with Gasteiger partial charge in [-0.3, -0.25) is 0 Å². The first-order valence-corrected chi connectivity index (χ1v) is 8.62. The molecule has 0 bridgehead atoms. The Morgan fingerprint density at radius 2 is 1.91 bits per heavy atom. The largest absolute Gasteiger partial charge is 0.478 e. The number of nitrogens with one attached hydrogen (secondary N) is 2. The van der Waals surface area contributed by atoms with Crippen LogP contribution in [0, 0.1) is 0 Å². The molecule has 1 aromatic rings. The van der Waals surface area contributed by atoms with Gasteiger partial charge in [0.15, 0.2) is 0 Å². The van der Waals surface area contributed by atoms with Crippen LogP contribution in [-0.4, -0.2) is 31.1 Å². The van der Waals surface area contributed by atoms with Crippen LogP contribution in [0.25, 0.3) is 0 Å². The number of rotatable bonds is 6. The summed E-state index contributed by atoms with van der Waals surface area (Å²) in [4.78, 5) is 11.3. The lowest BCUT2D eigenvalue weighted by Crippen LogP contribution is -2.40. The summed E-state index contributed by atoms with van der Waals surface area (Å²) in [5.74, 6) is -1.17. The monoisotopic (exact) mass is 328 g/mol. The molecule has 0 aliphatic carbocycles. The number of benzene rings is 1. The molecule has 0 heterocycles. The third-order valence-corrected chi connectivity index (χ3v) is 4.74. The Kier molecular flexibility index (Phi) is 5.59. The molecule has 0 saturated carbocycles. The van der Waals surface area contributed by atoms with Crippen LogP contribution >= 0.6 is 0 Å². The van der Waals surface area contributed by atoms with E-state index in [4.69, 9.17) is 0 Å². The molecule has 3 N–H and O–H groups in total. The molecule has 0 radical (unpaired) electrons. The van der Waals surface area contributed by atoms with Crippen LogP contribution in [0.5, 0.6) is 0 Å². The standard InChI is InChI=1S/C15H24N2O4S/c1-6-10(2)16-13-8-7-11(9-12(13)14(18)19)22(20,21)17-15(3,4)5/h7-10,16-17H,6H2,1-5H3,(H,18,19)/t10-/m1/s1. The van der Waals surface area contributed by atoms with Crippen LogP contribution in [0.15, 0.2) is 23.1 Å². The molecule has 22 heavy (non-hydrogen) atoms. The molecule has 0 unspecified atom stereocenters. The third kappa shape index (κ3) is 4.99. The summed E-state index contributed by atoms with van der Waals surface area (Å²) in [5.41, 5.74) is -0.288. The summed E-state index contributed by atoms with van der Waals surface area (Å²) in [6.45, 7) is 9.08. The van der Waals surface area contributed by atoms with Crippen molar-refractivity contribution < 1.29 is 18.3 Å². The van der Waals surface area contributed by atoms with E-state index in [2.05, 4.69) is 10.0 Å². The molecule has 0 amide bonds. The highest BCUT2D eigenvalue weighted by Gasteiger charge is 2.24. The molecule has 0 saturated heterocycles. The Hall–Kier alpha value is -1.60. The SMILES string of the molecule is CC[C@@H](C)Nc1ccc(S(=O)(=O)NC(C)(C)C)cc1C(=O)O. The van der Waals surface area contributed by atoms with E-state index in [1.165, 1.54) is 18.2 Å². The second kappa shape index (κ2) is 6.66. The van der Waals surface area contributed by atoms with Gasteiger partial charge in [-0.05, 0) is 52.3 Å². The van der Waals surface area contributed by atoms with E-state index in [9.17, 15) is 18.3 Å². The first-order chi connectivity index (χ1) is 9.96. The minimum absolute atomic E-state index is 0.0583. The molecule has 7 heteroatoms. The Bertz CT molecular complexity index is 648. The van der Waals surface area contributed by atoms with Gasteiger partial charge in [-0.25, -0.2) is 17.9 Å². The number of sulfonamides is 1. The number of hydrogen-bond acceptors (Lipinski definition) is 4. The third-order valence-electron chi connectivity index (χ3n) is 2.99. The Morgan fingerprint density at radius 1 is 1.32 bits per heavy atom. The van der Waals surface area contributed by atoms with Crippen LogP contribution in [-0.2, 0) is 10.0 Å². The summed E-state index contributed by atoms with van der Waals surface area (Å²) in [7, 11) is -3.77. The average molecular weight is 328 g/mol. The summed E-state index contributed by atoms with van der Waals surface area (Å²) in [6.07, 6.45) is 0.824. The molecule has 1 rings (SSSR count). The molecule has 1 aromatic carbocycles. The predicted octanol–water partition coefficient (Wildman–Crippen LogP) is 2.67. The molecule has 124 valence electrons. The van der Waals surface area contributed by atoms with E-state index in [0.717, 1.165) is 6.42 Å². The van der Waals surface area contributed by atoms with Gasteiger partial charge in [0.2, 0.25) is 10.0 Å². The maximum atomic E-state index is 12.3. The van der Waals surface area contributed by atoms with Gasteiger partial charge < -0.3 is 10.4 Å². The molecule has 0 spiro atoms. The predicted molar refractivity (Wildman–Crippen MR) is 86.9 cm³/mol. The number of anilines is 1. The Balaban J connectivity index is 3.26. The summed E-state index contributed by atoms with van der Waals surface area (Å²) >= 11 is 0. The lowest BCUT2D eigenvalue weighted by Gasteiger charge is -2.21. The van der Waals surface area contributed by atoms with E-state index in [1.807, 2.05) is 13.8 Å². The van der Waals surface area contributed by atoms with Crippen molar-refractivity contribution in [3.05, 3.63) is 23.8 Å². The van der Waals surface area contributed by atoms with Gasteiger partial charge in [0, 0.05) is 17.3 Å². The lowest BCUT2D eigenvalue weighted by molar-refractivity contribution is 0.0697. The molecule has 0 aliphatic heterocycles. The maximum Gasteiger partial charge on any atom is 0.337 e. The van der Waals surface area contributed by atoms with Gasteiger partial charge in [0.05, 0.1) is 10.5 Å². The molecule has 0 aromatic heterocycles. The molecular weight excluding hydrogens is 304 g/mol. The van der Waals surface area contributed by atoms with Gasteiger partial charge in [-0.15, -0.1) is 0 Å². The van der Waals surface area contributed by atoms with Crippen molar-refractivity contribution in [3.63, 3.8) is 0 Å². The lowest BCUT2D eigenvalue weighted by atomic mass is 10.1.